The van der Waals surface area contributed by atoms with Crippen molar-refractivity contribution >= 4 is 17.2 Å². The van der Waals surface area contributed by atoms with Gasteiger partial charge in [-0.15, -0.1) is 11.3 Å². The van der Waals surface area contributed by atoms with Crippen LogP contribution in [0.25, 0.3) is 10.8 Å². The molecule has 1 amide bonds. The van der Waals surface area contributed by atoms with Crippen molar-refractivity contribution in [3.05, 3.63) is 23.3 Å². The van der Waals surface area contributed by atoms with Crippen LogP contribution in [-0.2, 0) is 11.3 Å². The predicted octanol–water partition coefficient (Wildman–Crippen LogP) is 3.02. The van der Waals surface area contributed by atoms with Gasteiger partial charge in [0, 0.05) is 32.6 Å². The average molecular weight is 360 g/mol. The first-order valence-electron chi connectivity index (χ1n) is 9.14. The number of piperazine rings is 1. The molecule has 2 aliphatic rings. The van der Waals surface area contributed by atoms with Crippen LogP contribution in [0.15, 0.2) is 22.0 Å². The molecule has 1 aliphatic heterocycles. The van der Waals surface area contributed by atoms with Crippen LogP contribution in [0.5, 0.6) is 0 Å². The molecule has 0 radical (unpaired) electrons. The SMILES string of the molecule is O=C(CC1CCCC1)N1CCN(Cc2noc(-c3cccs3)n2)CC1. The first kappa shape index (κ1) is 16.7. The molecule has 7 heteroatoms. The van der Waals surface area contributed by atoms with Crippen molar-refractivity contribution in [1.29, 1.82) is 0 Å². The first-order valence-corrected chi connectivity index (χ1v) is 10.0. The van der Waals surface area contributed by atoms with Gasteiger partial charge in [-0.3, -0.25) is 9.69 Å². The lowest BCUT2D eigenvalue weighted by Crippen LogP contribution is -2.48. The molecular formula is C18H24N4O2S. The van der Waals surface area contributed by atoms with Gasteiger partial charge in [0.2, 0.25) is 5.91 Å². The molecule has 3 heterocycles. The third-order valence-corrected chi connectivity index (χ3v) is 6.09. The summed E-state index contributed by atoms with van der Waals surface area (Å²) in [6.45, 7) is 4.04. The maximum Gasteiger partial charge on any atom is 0.268 e. The van der Waals surface area contributed by atoms with Gasteiger partial charge in [-0.05, 0) is 30.2 Å². The van der Waals surface area contributed by atoms with Crippen LogP contribution in [0.4, 0.5) is 0 Å². The molecule has 25 heavy (non-hydrogen) atoms. The molecular weight excluding hydrogens is 336 g/mol. The minimum Gasteiger partial charge on any atom is -0.340 e. The highest BCUT2D eigenvalue weighted by atomic mass is 32.1. The van der Waals surface area contributed by atoms with Crippen molar-refractivity contribution in [2.75, 3.05) is 26.2 Å². The van der Waals surface area contributed by atoms with Crippen molar-refractivity contribution in [3.63, 3.8) is 0 Å². The lowest BCUT2D eigenvalue weighted by molar-refractivity contribution is -0.134. The van der Waals surface area contributed by atoms with E-state index in [-0.39, 0.29) is 0 Å². The fraction of sp³-hybridized carbons (Fsp3) is 0.611. The smallest absolute Gasteiger partial charge is 0.268 e. The van der Waals surface area contributed by atoms with E-state index in [9.17, 15) is 4.79 Å². The largest absolute Gasteiger partial charge is 0.340 e. The normalized spacial score (nSPS) is 19.6. The molecule has 0 spiro atoms. The van der Waals surface area contributed by atoms with E-state index in [1.165, 1.54) is 25.7 Å². The molecule has 0 aromatic carbocycles. The maximum absolute atomic E-state index is 12.4. The predicted molar refractivity (Wildman–Crippen MR) is 96.0 cm³/mol. The number of amides is 1. The Kier molecular flexibility index (Phi) is 5.12. The Morgan fingerprint density at radius 3 is 2.76 bits per heavy atom. The summed E-state index contributed by atoms with van der Waals surface area (Å²) < 4.78 is 5.34. The fourth-order valence-corrected chi connectivity index (χ4v) is 4.41. The fourth-order valence-electron chi connectivity index (χ4n) is 3.76. The second-order valence-corrected chi connectivity index (χ2v) is 7.95. The van der Waals surface area contributed by atoms with Crippen LogP contribution in [0.2, 0.25) is 0 Å². The monoisotopic (exact) mass is 360 g/mol. The number of hydrogen-bond donors (Lipinski definition) is 0. The van der Waals surface area contributed by atoms with Crippen molar-refractivity contribution in [1.82, 2.24) is 19.9 Å². The van der Waals surface area contributed by atoms with E-state index in [0.29, 0.717) is 30.1 Å². The highest BCUT2D eigenvalue weighted by Gasteiger charge is 2.25. The van der Waals surface area contributed by atoms with Gasteiger partial charge in [-0.25, -0.2) is 0 Å². The van der Waals surface area contributed by atoms with E-state index in [2.05, 4.69) is 15.0 Å². The first-order chi connectivity index (χ1) is 12.3. The number of rotatable bonds is 5. The zero-order valence-electron chi connectivity index (χ0n) is 14.4. The van der Waals surface area contributed by atoms with E-state index in [0.717, 1.165) is 37.5 Å². The van der Waals surface area contributed by atoms with Gasteiger partial charge in [-0.1, -0.05) is 24.1 Å². The molecule has 1 saturated carbocycles. The molecule has 2 aromatic heterocycles. The minimum absolute atomic E-state index is 0.339. The van der Waals surface area contributed by atoms with Gasteiger partial charge in [0.1, 0.15) is 0 Å². The minimum atomic E-state index is 0.339. The molecule has 2 aromatic rings. The maximum atomic E-state index is 12.4. The molecule has 134 valence electrons. The van der Waals surface area contributed by atoms with E-state index in [1.807, 2.05) is 22.4 Å². The highest BCUT2D eigenvalue weighted by molar-refractivity contribution is 7.13. The molecule has 0 bridgehead atoms. The number of thiophene rings is 1. The van der Waals surface area contributed by atoms with Crippen molar-refractivity contribution in [3.8, 4) is 10.8 Å². The highest BCUT2D eigenvalue weighted by Crippen LogP contribution is 2.28. The summed E-state index contributed by atoms with van der Waals surface area (Å²) in [7, 11) is 0. The Balaban J connectivity index is 1.25. The molecule has 1 saturated heterocycles. The van der Waals surface area contributed by atoms with Crippen LogP contribution in [0.1, 0.15) is 37.9 Å². The Bertz CT molecular complexity index is 686. The Hall–Kier alpha value is -1.73. The van der Waals surface area contributed by atoms with Crippen LogP contribution >= 0.6 is 11.3 Å². The van der Waals surface area contributed by atoms with Crippen LogP contribution in [-0.4, -0.2) is 52.0 Å². The van der Waals surface area contributed by atoms with Gasteiger partial charge < -0.3 is 9.42 Å². The van der Waals surface area contributed by atoms with Crippen LogP contribution in [0.3, 0.4) is 0 Å². The van der Waals surface area contributed by atoms with Crippen molar-refractivity contribution in [2.24, 2.45) is 5.92 Å². The molecule has 6 nitrogen and oxygen atoms in total. The summed E-state index contributed by atoms with van der Waals surface area (Å²) in [5.74, 6) is 2.27. The Morgan fingerprint density at radius 2 is 2.04 bits per heavy atom. The van der Waals surface area contributed by atoms with Gasteiger partial charge in [-0.2, -0.15) is 4.98 Å². The third kappa shape index (κ3) is 4.10. The zero-order chi connectivity index (χ0) is 17.1. The molecule has 4 rings (SSSR count). The van der Waals surface area contributed by atoms with E-state index < -0.39 is 0 Å². The summed E-state index contributed by atoms with van der Waals surface area (Å²) in [6, 6.07) is 3.96. The number of aromatic nitrogens is 2. The molecule has 0 unspecified atom stereocenters. The van der Waals surface area contributed by atoms with E-state index in [4.69, 9.17) is 4.52 Å². The van der Waals surface area contributed by atoms with E-state index in [1.54, 1.807) is 11.3 Å². The van der Waals surface area contributed by atoms with Gasteiger partial charge in [0.05, 0.1) is 11.4 Å². The zero-order valence-corrected chi connectivity index (χ0v) is 15.2. The van der Waals surface area contributed by atoms with Crippen LogP contribution < -0.4 is 0 Å². The topological polar surface area (TPSA) is 62.5 Å². The van der Waals surface area contributed by atoms with Crippen molar-refractivity contribution in [2.45, 2.75) is 38.6 Å². The Morgan fingerprint density at radius 1 is 1.24 bits per heavy atom. The Labute approximate surface area is 151 Å². The number of carbonyl (C=O) groups is 1. The average Bonchev–Trinajstić information content (AvgIpc) is 3.38. The summed E-state index contributed by atoms with van der Waals surface area (Å²) in [4.78, 5) is 22.2. The second-order valence-electron chi connectivity index (χ2n) is 7.00. The number of nitrogens with zero attached hydrogens (tertiary/aromatic N) is 4. The lowest BCUT2D eigenvalue weighted by Gasteiger charge is -2.34. The van der Waals surface area contributed by atoms with E-state index >= 15 is 0 Å². The summed E-state index contributed by atoms with van der Waals surface area (Å²) in [5, 5.41) is 6.09. The number of hydrogen-bond acceptors (Lipinski definition) is 6. The van der Waals surface area contributed by atoms with Crippen LogP contribution in [0, 0.1) is 5.92 Å². The molecule has 0 atom stereocenters. The second kappa shape index (κ2) is 7.66. The third-order valence-electron chi connectivity index (χ3n) is 5.23. The quantitative estimate of drug-likeness (QED) is 0.820. The summed E-state index contributed by atoms with van der Waals surface area (Å²) >= 11 is 1.60. The molecule has 1 aliphatic carbocycles. The van der Waals surface area contributed by atoms with Gasteiger partial charge >= 0.3 is 0 Å². The molecule has 2 fully saturated rings. The van der Waals surface area contributed by atoms with Crippen molar-refractivity contribution < 1.29 is 9.32 Å². The summed E-state index contributed by atoms with van der Waals surface area (Å²) in [5.41, 5.74) is 0. The van der Waals surface area contributed by atoms with Gasteiger partial charge in [0.25, 0.3) is 5.89 Å². The number of carbonyl (C=O) groups excluding carboxylic acids is 1. The van der Waals surface area contributed by atoms with Gasteiger partial charge in [0.15, 0.2) is 5.82 Å². The summed E-state index contributed by atoms with van der Waals surface area (Å²) in [6.07, 6.45) is 5.80. The lowest BCUT2D eigenvalue weighted by atomic mass is 10.0. The standard InChI is InChI=1S/C18H24N4O2S/c23-17(12-14-4-1-2-5-14)22-9-7-21(8-10-22)13-16-19-18(24-20-16)15-6-3-11-25-15/h3,6,11,14H,1-2,4-5,7-10,12-13H2. The molecule has 0 N–H and O–H groups in total.